The van der Waals surface area contributed by atoms with Crippen LogP contribution in [-0.4, -0.2) is 23.1 Å². The van der Waals surface area contributed by atoms with Gasteiger partial charge in [-0.05, 0) is 31.4 Å². The summed E-state index contributed by atoms with van der Waals surface area (Å²) < 4.78 is 39.4. The number of anilines is 1. The summed E-state index contributed by atoms with van der Waals surface area (Å²) in [6.45, 7) is 1.64. The summed E-state index contributed by atoms with van der Waals surface area (Å²) in [7, 11) is 0. The topological polar surface area (TPSA) is 29.0 Å². The second-order valence-electron chi connectivity index (χ2n) is 5.07. The lowest BCUT2D eigenvalue weighted by atomic mass is 10.0. The van der Waals surface area contributed by atoms with Crippen LogP contribution in [0.5, 0.6) is 0 Å². The third-order valence-corrected chi connectivity index (χ3v) is 4.01. The summed E-state index contributed by atoms with van der Waals surface area (Å²) in [6.07, 6.45) is -0.0707. The SMILES string of the molecule is FC(F)(F)c1ccc(N2CCCCC2)c2ncnc(Cl)c12. The third kappa shape index (κ3) is 2.64. The Kier molecular flexibility index (Phi) is 3.65. The van der Waals surface area contributed by atoms with E-state index in [0.29, 0.717) is 5.69 Å². The average molecular weight is 316 g/mol. The summed E-state index contributed by atoms with van der Waals surface area (Å²) in [4.78, 5) is 9.82. The molecule has 1 saturated heterocycles. The molecule has 0 saturated carbocycles. The molecule has 2 heterocycles. The Hall–Kier alpha value is -1.56. The molecule has 1 fully saturated rings. The van der Waals surface area contributed by atoms with Crippen molar-refractivity contribution in [2.24, 2.45) is 0 Å². The van der Waals surface area contributed by atoms with Crippen LogP contribution in [0.25, 0.3) is 10.9 Å². The lowest BCUT2D eigenvalue weighted by Gasteiger charge is -2.30. The van der Waals surface area contributed by atoms with E-state index in [9.17, 15) is 13.2 Å². The molecule has 7 heteroatoms. The first kappa shape index (κ1) is 14.4. The smallest absolute Gasteiger partial charge is 0.370 e. The van der Waals surface area contributed by atoms with Gasteiger partial charge in [0.25, 0.3) is 0 Å². The van der Waals surface area contributed by atoms with Crippen LogP contribution in [0, 0.1) is 0 Å². The molecule has 1 aliphatic heterocycles. The van der Waals surface area contributed by atoms with Crippen molar-refractivity contribution in [2.75, 3.05) is 18.0 Å². The molecule has 1 aromatic heterocycles. The van der Waals surface area contributed by atoms with E-state index in [4.69, 9.17) is 11.6 Å². The van der Waals surface area contributed by atoms with Crippen LogP contribution in [0.2, 0.25) is 5.15 Å². The zero-order valence-electron chi connectivity index (χ0n) is 11.1. The Morgan fingerprint density at radius 1 is 1.05 bits per heavy atom. The fourth-order valence-corrected chi connectivity index (χ4v) is 2.98. The van der Waals surface area contributed by atoms with Gasteiger partial charge in [-0.3, -0.25) is 0 Å². The van der Waals surface area contributed by atoms with Crippen molar-refractivity contribution in [2.45, 2.75) is 25.4 Å². The molecule has 3 rings (SSSR count). The zero-order chi connectivity index (χ0) is 15.0. The fourth-order valence-electron chi connectivity index (χ4n) is 2.75. The van der Waals surface area contributed by atoms with E-state index in [1.807, 2.05) is 0 Å². The van der Waals surface area contributed by atoms with Gasteiger partial charge in [-0.2, -0.15) is 13.2 Å². The zero-order valence-corrected chi connectivity index (χ0v) is 11.9. The van der Waals surface area contributed by atoms with Crippen molar-refractivity contribution in [1.29, 1.82) is 0 Å². The Morgan fingerprint density at radius 2 is 1.76 bits per heavy atom. The van der Waals surface area contributed by atoms with E-state index in [1.54, 1.807) is 0 Å². The summed E-state index contributed by atoms with van der Waals surface area (Å²) in [6, 6.07) is 2.56. The van der Waals surface area contributed by atoms with Gasteiger partial charge in [0.05, 0.1) is 22.2 Å². The number of hydrogen-bond acceptors (Lipinski definition) is 3. The van der Waals surface area contributed by atoms with Gasteiger partial charge in [-0.25, -0.2) is 9.97 Å². The second-order valence-corrected chi connectivity index (χ2v) is 5.42. The molecule has 0 unspecified atom stereocenters. The maximum atomic E-state index is 13.1. The van der Waals surface area contributed by atoms with Crippen LogP contribution in [0.1, 0.15) is 24.8 Å². The largest absolute Gasteiger partial charge is 0.417 e. The van der Waals surface area contributed by atoms with Crippen LogP contribution in [0.4, 0.5) is 18.9 Å². The summed E-state index contributed by atoms with van der Waals surface area (Å²) in [5, 5.41) is -0.277. The van der Waals surface area contributed by atoms with Gasteiger partial charge in [0, 0.05) is 13.1 Å². The Bertz CT molecular complexity index is 666. The third-order valence-electron chi connectivity index (χ3n) is 3.72. The van der Waals surface area contributed by atoms with Gasteiger partial charge in [0.2, 0.25) is 0 Å². The van der Waals surface area contributed by atoms with Gasteiger partial charge >= 0.3 is 6.18 Å². The highest BCUT2D eigenvalue weighted by Crippen LogP contribution is 2.40. The molecular formula is C14H13ClF3N3. The lowest BCUT2D eigenvalue weighted by Crippen LogP contribution is -2.29. The summed E-state index contributed by atoms with van der Waals surface area (Å²) in [5.74, 6) is 0. The van der Waals surface area contributed by atoms with Gasteiger partial charge in [0.1, 0.15) is 11.5 Å². The number of aromatic nitrogens is 2. The molecule has 0 aliphatic carbocycles. The number of rotatable bonds is 1. The highest BCUT2D eigenvalue weighted by molar-refractivity contribution is 6.34. The maximum absolute atomic E-state index is 13.1. The van der Waals surface area contributed by atoms with Crippen LogP contribution in [0.3, 0.4) is 0 Å². The first-order valence-electron chi connectivity index (χ1n) is 6.74. The fraction of sp³-hybridized carbons (Fsp3) is 0.429. The second kappa shape index (κ2) is 5.33. The lowest BCUT2D eigenvalue weighted by molar-refractivity contribution is -0.136. The van der Waals surface area contributed by atoms with E-state index >= 15 is 0 Å². The normalized spacial score (nSPS) is 16.5. The molecule has 112 valence electrons. The van der Waals surface area contributed by atoms with Gasteiger partial charge < -0.3 is 4.90 Å². The van der Waals surface area contributed by atoms with Gasteiger partial charge in [0.15, 0.2) is 0 Å². The molecule has 0 amide bonds. The predicted molar refractivity (Wildman–Crippen MR) is 75.6 cm³/mol. The quantitative estimate of drug-likeness (QED) is 0.735. The minimum Gasteiger partial charge on any atom is -0.370 e. The molecule has 0 N–H and O–H groups in total. The Balaban J connectivity index is 2.22. The first-order valence-corrected chi connectivity index (χ1v) is 7.11. The molecule has 0 atom stereocenters. The highest BCUT2D eigenvalue weighted by atomic mass is 35.5. The van der Waals surface area contributed by atoms with Crippen LogP contribution in [-0.2, 0) is 6.18 Å². The van der Waals surface area contributed by atoms with Crippen molar-refractivity contribution in [3.05, 3.63) is 29.2 Å². The van der Waals surface area contributed by atoms with Crippen LogP contribution in [0.15, 0.2) is 18.5 Å². The molecule has 0 radical (unpaired) electrons. The minimum atomic E-state index is -4.48. The molecule has 1 aliphatic rings. The molecule has 21 heavy (non-hydrogen) atoms. The number of benzene rings is 1. The predicted octanol–water partition coefficient (Wildman–Crippen LogP) is 4.29. The van der Waals surface area contributed by atoms with Crippen molar-refractivity contribution >= 4 is 28.2 Å². The van der Waals surface area contributed by atoms with Crippen molar-refractivity contribution in [3.63, 3.8) is 0 Å². The number of halogens is 4. The molecule has 2 aromatic rings. The number of hydrogen-bond donors (Lipinski definition) is 0. The van der Waals surface area contributed by atoms with Gasteiger partial charge in [-0.15, -0.1) is 0 Å². The first-order chi connectivity index (χ1) is 9.98. The van der Waals surface area contributed by atoms with Crippen molar-refractivity contribution < 1.29 is 13.2 Å². The van der Waals surface area contributed by atoms with Crippen LogP contribution < -0.4 is 4.90 Å². The molecule has 1 aromatic carbocycles. The number of nitrogens with zero attached hydrogens (tertiary/aromatic N) is 3. The number of fused-ring (bicyclic) bond motifs is 1. The Labute approximate surface area is 124 Å². The van der Waals surface area contributed by atoms with Crippen molar-refractivity contribution in [3.8, 4) is 0 Å². The summed E-state index contributed by atoms with van der Waals surface area (Å²) >= 11 is 5.91. The number of piperidine rings is 1. The average Bonchev–Trinajstić information content (AvgIpc) is 2.46. The van der Waals surface area contributed by atoms with E-state index < -0.39 is 11.7 Å². The monoisotopic (exact) mass is 315 g/mol. The van der Waals surface area contributed by atoms with E-state index in [-0.39, 0.29) is 16.1 Å². The molecular weight excluding hydrogens is 303 g/mol. The standard InChI is InChI=1S/C14H13ClF3N3/c15-13-11-9(14(16,17)18)4-5-10(12(11)19-8-20-13)21-6-2-1-3-7-21/h4-5,8H,1-3,6-7H2. The van der Waals surface area contributed by atoms with Crippen molar-refractivity contribution in [1.82, 2.24) is 9.97 Å². The molecule has 0 bridgehead atoms. The Morgan fingerprint density at radius 3 is 2.43 bits per heavy atom. The molecule has 0 spiro atoms. The van der Waals surface area contributed by atoms with Gasteiger partial charge in [-0.1, -0.05) is 11.6 Å². The minimum absolute atomic E-state index is 0.116. The highest BCUT2D eigenvalue weighted by Gasteiger charge is 2.35. The summed E-state index contributed by atoms with van der Waals surface area (Å²) in [5.41, 5.74) is 0.178. The van der Waals surface area contributed by atoms with Crippen LogP contribution >= 0.6 is 11.6 Å². The molecule has 3 nitrogen and oxygen atoms in total. The van der Waals surface area contributed by atoms with E-state index in [2.05, 4.69) is 14.9 Å². The van der Waals surface area contributed by atoms with E-state index in [0.717, 1.165) is 38.4 Å². The maximum Gasteiger partial charge on any atom is 0.417 e. The van der Waals surface area contributed by atoms with E-state index in [1.165, 1.54) is 12.4 Å². The number of alkyl halides is 3.